The van der Waals surface area contributed by atoms with E-state index in [1.807, 2.05) is 0 Å². The molecule has 0 aliphatic carbocycles. The van der Waals surface area contributed by atoms with Crippen LogP contribution in [-0.4, -0.2) is 37.6 Å². The van der Waals surface area contributed by atoms with Crippen LogP contribution >= 0.6 is 0 Å². The third-order valence-electron chi connectivity index (χ3n) is 3.21. The topological polar surface area (TPSA) is 15.3 Å². The van der Waals surface area contributed by atoms with Crippen LogP contribution in [0.4, 0.5) is 0 Å². The van der Waals surface area contributed by atoms with Crippen LogP contribution in [-0.2, 0) is 0 Å². The molecular weight excluding hydrogens is 160 g/mol. The van der Waals surface area contributed by atoms with Gasteiger partial charge in [0, 0.05) is 6.04 Å². The van der Waals surface area contributed by atoms with Gasteiger partial charge in [0.05, 0.1) is 0 Å². The van der Waals surface area contributed by atoms with Gasteiger partial charge in [0.2, 0.25) is 0 Å². The summed E-state index contributed by atoms with van der Waals surface area (Å²) in [7, 11) is 2.26. The number of hydrogen-bond donors (Lipinski definition) is 1. The minimum absolute atomic E-state index is 0.762. The zero-order chi connectivity index (χ0) is 9.68. The summed E-state index contributed by atoms with van der Waals surface area (Å²) in [6.45, 7) is 8.36. The average molecular weight is 184 g/mol. The molecule has 13 heavy (non-hydrogen) atoms. The van der Waals surface area contributed by atoms with Crippen LogP contribution in [0.3, 0.4) is 0 Å². The minimum Gasteiger partial charge on any atom is -0.316 e. The largest absolute Gasteiger partial charge is 0.316 e. The van der Waals surface area contributed by atoms with Gasteiger partial charge in [-0.05, 0) is 52.4 Å². The highest BCUT2D eigenvalue weighted by atomic mass is 15.1. The van der Waals surface area contributed by atoms with E-state index in [0.717, 1.165) is 12.0 Å². The zero-order valence-electron chi connectivity index (χ0n) is 9.34. The van der Waals surface area contributed by atoms with Crippen molar-refractivity contribution in [1.82, 2.24) is 10.2 Å². The van der Waals surface area contributed by atoms with E-state index < -0.39 is 0 Å². The van der Waals surface area contributed by atoms with Crippen molar-refractivity contribution in [2.75, 3.05) is 26.7 Å². The molecule has 1 rings (SSSR count). The van der Waals surface area contributed by atoms with E-state index in [0.29, 0.717) is 0 Å². The van der Waals surface area contributed by atoms with Crippen LogP contribution in [0.2, 0.25) is 0 Å². The summed E-state index contributed by atoms with van der Waals surface area (Å²) in [5.74, 6) is 0.955. The summed E-state index contributed by atoms with van der Waals surface area (Å²) in [5, 5.41) is 3.32. The maximum atomic E-state index is 3.32. The highest BCUT2D eigenvalue weighted by molar-refractivity contribution is 4.76. The molecule has 1 fully saturated rings. The van der Waals surface area contributed by atoms with Crippen LogP contribution in [0, 0.1) is 5.92 Å². The highest BCUT2D eigenvalue weighted by Crippen LogP contribution is 2.11. The third kappa shape index (κ3) is 3.65. The molecule has 1 atom stereocenters. The highest BCUT2D eigenvalue weighted by Gasteiger charge is 2.17. The summed E-state index contributed by atoms with van der Waals surface area (Å²) in [5.41, 5.74) is 0. The van der Waals surface area contributed by atoms with Crippen LogP contribution in [0.15, 0.2) is 0 Å². The van der Waals surface area contributed by atoms with E-state index in [9.17, 15) is 0 Å². The molecule has 1 aliphatic heterocycles. The van der Waals surface area contributed by atoms with Gasteiger partial charge in [0.1, 0.15) is 0 Å². The van der Waals surface area contributed by atoms with Gasteiger partial charge in [-0.3, -0.25) is 0 Å². The van der Waals surface area contributed by atoms with Gasteiger partial charge in [-0.2, -0.15) is 0 Å². The molecule has 1 heterocycles. The summed E-state index contributed by atoms with van der Waals surface area (Å²) in [6, 6.07) is 0.762. The zero-order valence-corrected chi connectivity index (χ0v) is 9.34. The molecule has 0 aromatic carbocycles. The predicted octanol–water partition coefficient (Wildman–Crippen LogP) is 1.72. The second kappa shape index (κ2) is 5.61. The molecule has 1 N–H and O–H groups in total. The van der Waals surface area contributed by atoms with E-state index in [-0.39, 0.29) is 0 Å². The third-order valence-corrected chi connectivity index (χ3v) is 3.21. The average Bonchev–Trinajstić information content (AvgIpc) is 2.01. The summed E-state index contributed by atoms with van der Waals surface area (Å²) < 4.78 is 0. The van der Waals surface area contributed by atoms with Crippen molar-refractivity contribution in [3.63, 3.8) is 0 Å². The molecule has 1 unspecified atom stereocenters. The van der Waals surface area contributed by atoms with Crippen molar-refractivity contribution in [1.29, 1.82) is 0 Å². The molecule has 78 valence electrons. The van der Waals surface area contributed by atoms with Crippen molar-refractivity contribution >= 4 is 0 Å². The number of nitrogens with zero attached hydrogens (tertiary/aromatic N) is 1. The molecular formula is C11H24N2. The Kier molecular flexibility index (Phi) is 4.74. The van der Waals surface area contributed by atoms with Gasteiger partial charge in [-0.15, -0.1) is 0 Å². The minimum atomic E-state index is 0.762. The lowest BCUT2D eigenvalue weighted by molar-refractivity contribution is 0.208. The van der Waals surface area contributed by atoms with Gasteiger partial charge < -0.3 is 10.2 Å². The Morgan fingerprint density at radius 3 is 2.62 bits per heavy atom. The summed E-state index contributed by atoms with van der Waals surface area (Å²) in [4.78, 5) is 2.50. The Labute approximate surface area is 82.7 Å². The van der Waals surface area contributed by atoms with E-state index >= 15 is 0 Å². The molecule has 0 bridgehead atoms. The first-order chi connectivity index (χ1) is 6.24. The Morgan fingerprint density at radius 2 is 2.15 bits per heavy atom. The standard InChI is InChI=1S/C11H24N2/c1-4-5-10(2)13(3)7-6-11-8-12-9-11/h10-12H,4-9H2,1-3H3. The number of nitrogens with one attached hydrogen (secondary N) is 1. The number of rotatable bonds is 6. The smallest absolute Gasteiger partial charge is 0.00637 e. The molecule has 0 amide bonds. The lowest BCUT2D eigenvalue weighted by Gasteiger charge is -2.31. The Hall–Kier alpha value is -0.0800. The SMILES string of the molecule is CCCC(C)N(C)CCC1CNC1. The fourth-order valence-corrected chi connectivity index (χ4v) is 1.80. The van der Waals surface area contributed by atoms with E-state index in [1.165, 1.54) is 38.9 Å². The monoisotopic (exact) mass is 184 g/mol. The first-order valence-electron chi connectivity index (χ1n) is 5.65. The molecule has 1 saturated heterocycles. The quantitative estimate of drug-likeness (QED) is 0.676. The molecule has 0 aromatic heterocycles. The van der Waals surface area contributed by atoms with Crippen molar-refractivity contribution in [3.8, 4) is 0 Å². The molecule has 0 aromatic rings. The van der Waals surface area contributed by atoms with Gasteiger partial charge in [0.15, 0.2) is 0 Å². The maximum absolute atomic E-state index is 3.32. The van der Waals surface area contributed by atoms with Crippen molar-refractivity contribution < 1.29 is 0 Å². The fraction of sp³-hybridized carbons (Fsp3) is 1.00. The van der Waals surface area contributed by atoms with E-state index in [1.54, 1.807) is 0 Å². The molecule has 0 radical (unpaired) electrons. The Bertz CT molecular complexity index is 132. The van der Waals surface area contributed by atoms with Crippen LogP contribution in [0.25, 0.3) is 0 Å². The second-order valence-electron chi connectivity index (χ2n) is 4.43. The fourth-order valence-electron chi connectivity index (χ4n) is 1.80. The summed E-state index contributed by atoms with van der Waals surface area (Å²) >= 11 is 0. The van der Waals surface area contributed by atoms with Crippen molar-refractivity contribution in [2.45, 2.75) is 39.2 Å². The molecule has 2 nitrogen and oxygen atoms in total. The molecule has 1 aliphatic rings. The Balaban J connectivity index is 2.04. The first-order valence-corrected chi connectivity index (χ1v) is 5.65. The predicted molar refractivity (Wildman–Crippen MR) is 58.0 cm³/mol. The Morgan fingerprint density at radius 1 is 1.46 bits per heavy atom. The van der Waals surface area contributed by atoms with E-state index in [4.69, 9.17) is 0 Å². The number of hydrogen-bond acceptors (Lipinski definition) is 2. The van der Waals surface area contributed by atoms with Gasteiger partial charge in [-0.25, -0.2) is 0 Å². The first kappa shape index (κ1) is 11.0. The van der Waals surface area contributed by atoms with Crippen molar-refractivity contribution in [2.24, 2.45) is 5.92 Å². The molecule has 0 saturated carbocycles. The normalized spacial score (nSPS) is 20.3. The second-order valence-corrected chi connectivity index (χ2v) is 4.43. The lowest BCUT2D eigenvalue weighted by atomic mass is 9.99. The van der Waals surface area contributed by atoms with E-state index in [2.05, 4.69) is 31.1 Å². The van der Waals surface area contributed by atoms with Gasteiger partial charge >= 0.3 is 0 Å². The van der Waals surface area contributed by atoms with Gasteiger partial charge in [-0.1, -0.05) is 13.3 Å². The molecule has 0 spiro atoms. The van der Waals surface area contributed by atoms with Crippen LogP contribution < -0.4 is 5.32 Å². The van der Waals surface area contributed by atoms with Gasteiger partial charge in [0.25, 0.3) is 0 Å². The summed E-state index contributed by atoms with van der Waals surface area (Å²) in [6.07, 6.45) is 4.01. The van der Waals surface area contributed by atoms with Crippen LogP contribution in [0.5, 0.6) is 0 Å². The maximum Gasteiger partial charge on any atom is 0.00637 e. The molecule has 2 heteroatoms. The lowest BCUT2D eigenvalue weighted by Crippen LogP contribution is -2.44. The van der Waals surface area contributed by atoms with Crippen LogP contribution in [0.1, 0.15) is 33.1 Å². The van der Waals surface area contributed by atoms with Crippen molar-refractivity contribution in [3.05, 3.63) is 0 Å².